The first-order valence-corrected chi connectivity index (χ1v) is 9.48. The van der Waals surface area contributed by atoms with E-state index in [0.717, 1.165) is 5.56 Å². The minimum atomic E-state index is -3.42. The molecule has 6 heteroatoms. The second-order valence-electron chi connectivity index (χ2n) is 7.03. The number of hydrogen-bond acceptors (Lipinski definition) is 4. The zero-order valence-corrected chi connectivity index (χ0v) is 15.5. The van der Waals surface area contributed by atoms with E-state index in [-0.39, 0.29) is 25.2 Å². The van der Waals surface area contributed by atoms with Crippen LogP contribution in [0.1, 0.15) is 39.7 Å². The molecule has 0 saturated heterocycles. The predicted octanol–water partition coefficient (Wildman–Crippen LogP) is 2.88. The fourth-order valence-corrected chi connectivity index (χ4v) is 4.08. The molecule has 1 aromatic carbocycles. The van der Waals surface area contributed by atoms with Gasteiger partial charge in [0.1, 0.15) is 6.61 Å². The normalized spacial score (nSPS) is 19.7. The van der Waals surface area contributed by atoms with Gasteiger partial charge < -0.3 is 4.74 Å². The molecule has 132 valence electrons. The number of carbonyl (C=O) groups excluding carboxylic acids is 1. The van der Waals surface area contributed by atoms with Gasteiger partial charge in [0.05, 0.1) is 4.75 Å². The number of sulfonamides is 1. The first kappa shape index (κ1) is 18.7. The largest absolute Gasteiger partial charge is 0.457 e. The van der Waals surface area contributed by atoms with Gasteiger partial charge in [0.25, 0.3) is 0 Å². The Labute approximate surface area is 144 Å². The van der Waals surface area contributed by atoms with E-state index >= 15 is 0 Å². The molecule has 0 radical (unpaired) electrons. The summed E-state index contributed by atoms with van der Waals surface area (Å²) in [5.74, 6) is -0.376. The molecule has 2 rings (SSSR count). The second-order valence-corrected chi connectivity index (χ2v) is 9.68. The average molecular weight is 351 g/mol. The quantitative estimate of drug-likeness (QED) is 0.783. The standard InChI is InChI=1S/C18H25NO4S/c1-14-12-16(10-11-19(14)24(21,22)18(2,3)4)17(20)23-13-15-8-6-5-7-9-15/h5-10,14H,11-13H2,1-4H3/t14-/m1/s1. The maximum absolute atomic E-state index is 12.6. The predicted molar refractivity (Wildman–Crippen MR) is 93.8 cm³/mol. The third-order valence-electron chi connectivity index (χ3n) is 4.08. The van der Waals surface area contributed by atoms with Crippen molar-refractivity contribution in [3.63, 3.8) is 0 Å². The van der Waals surface area contributed by atoms with Gasteiger partial charge in [-0.05, 0) is 39.7 Å². The molecule has 1 aliphatic rings. The van der Waals surface area contributed by atoms with Crippen LogP contribution in [0.5, 0.6) is 0 Å². The Morgan fingerprint density at radius 1 is 1.25 bits per heavy atom. The molecule has 0 saturated carbocycles. The lowest BCUT2D eigenvalue weighted by molar-refractivity contribution is -0.140. The van der Waals surface area contributed by atoms with Gasteiger partial charge in [-0.15, -0.1) is 0 Å². The highest BCUT2D eigenvalue weighted by molar-refractivity contribution is 7.90. The van der Waals surface area contributed by atoms with Crippen molar-refractivity contribution in [1.29, 1.82) is 0 Å². The minimum Gasteiger partial charge on any atom is -0.457 e. The van der Waals surface area contributed by atoms with E-state index < -0.39 is 14.8 Å². The number of carbonyl (C=O) groups is 1. The van der Waals surface area contributed by atoms with Crippen molar-refractivity contribution in [3.8, 4) is 0 Å². The van der Waals surface area contributed by atoms with Crippen LogP contribution in [0.2, 0.25) is 0 Å². The minimum absolute atomic E-state index is 0.205. The van der Waals surface area contributed by atoms with Crippen molar-refractivity contribution < 1.29 is 17.9 Å². The topological polar surface area (TPSA) is 63.7 Å². The van der Waals surface area contributed by atoms with E-state index in [1.54, 1.807) is 26.8 Å². The van der Waals surface area contributed by atoms with Crippen LogP contribution in [0.3, 0.4) is 0 Å². The molecule has 24 heavy (non-hydrogen) atoms. The zero-order valence-electron chi connectivity index (χ0n) is 14.7. The summed E-state index contributed by atoms with van der Waals surface area (Å²) in [4.78, 5) is 12.2. The van der Waals surface area contributed by atoms with Crippen LogP contribution in [-0.2, 0) is 26.2 Å². The first-order valence-electron chi connectivity index (χ1n) is 8.04. The zero-order chi connectivity index (χ0) is 18.0. The molecule has 0 bridgehead atoms. The Balaban J connectivity index is 2.03. The van der Waals surface area contributed by atoms with Crippen LogP contribution in [0.15, 0.2) is 42.0 Å². The third-order valence-corrected chi connectivity index (χ3v) is 6.76. The number of hydrogen-bond donors (Lipinski definition) is 0. The van der Waals surface area contributed by atoms with E-state index in [0.29, 0.717) is 12.0 Å². The molecule has 1 atom stereocenters. The number of esters is 1. The van der Waals surface area contributed by atoms with E-state index in [4.69, 9.17) is 4.74 Å². The molecule has 0 spiro atoms. The lowest BCUT2D eigenvalue weighted by atomic mass is 10.0. The Bertz CT molecular complexity index is 717. The van der Waals surface area contributed by atoms with Crippen LogP contribution in [0.4, 0.5) is 0 Å². The third kappa shape index (κ3) is 4.05. The first-order chi connectivity index (χ1) is 11.1. The summed E-state index contributed by atoms with van der Waals surface area (Å²) in [7, 11) is -3.42. The summed E-state index contributed by atoms with van der Waals surface area (Å²) in [5, 5.41) is 0. The fourth-order valence-electron chi connectivity index (χ4n) is 2.55. The average Bonchev–Trinajstić information content (AvgIpc) is 2.52. The maximum atomic E-state index is 12.6. The van der Waals surface area contributed by atoms with Gasteiger partial charge in [0.2, 0.25) is 10.0 Å². The summed E-state index contributed by atoms with van der Waals surface area (Å²) in [6.07, 6.45) is 2.03. The summed E-state index contributed by atoms with van der Waals surface area (Å²) >= 11 is 0. The summed E-state index contributed by atoms with van der Waals surface area (Å²) in [6, 6.07) is 9.20. The van der Waals surface area contributed by atoms with E-state index in [1.807, 2.05) is 37.3 Å². The molecule has 0 aliphatic carbocycles. The molecule has 5 nitrogen and oxygen atoms in total. The van der Waals surface area contributed by atoms with Gasteiger partial charge in [-0.3, -0.25) is 0 Å². The van der Waals surface area contributed by atoms with Crippen molar-refractivity contribution in [3.05, 3.63) is 47.5 Å². The van der Waals surface area contributed by atoms with E-state index in [1.165, 1.54) is 4.31 Å². The van der Waals surface area contributed by atoms with Gasteiger partial charge in [0.15, 0.2) is 0 Å². The molecule has 0 amide bonds. The van der Waals surface area contributed by atoms with Crippen LogP contribution < -0.4 is 0 Å². The van der Waals surface area contributed by atoms with Crippen molar-refractivity contribution in [2.24, 2.45) is 0 Å². The van der Waals surface area contributed by atoms with Gasteiger partial charge in [-0.25, -0.2) is 13.2 Å². The highest BCUT2D eigenvalue weighted by Crippen LogP contribution is 2.28. The van der Waals surface area contributed by atoms with Gasteiger partial charge >= 0.3 is 5.97 Å². The van der Waals surface area contributed by atoms with Gasteiger partial charge in [-0.1, -0.05) is 36.4 Å². The fraction of sp³-hybridized carbons (Fsp3) is 0.500. The van der Waals surface area contributed by atoms with E-state index in [9.17, 15) is 13.2 Å². The molecule has 1 aromatic rings. The molecule has 0 unspecified atom stereocenters. The van der Waals surface area contributed by atoms with Gasteiger partial charge in [0, 0.05) is 18.2 Å². The SMILES string of the molecule is C[C@@H]1CC(C(=O)OCc2ccccc2)=CCN1S(=O)(=O)C(C)(C)C. The van der Waals surface area contributed by atoms with Crippen LogP contribution in [0.25, 0.3) is 0 Å². The van der Waals surface area contributed by atoms with Crippen molar-refractivity contribution in [2.75, 3.05) is 6.54 Å². The smallest absolute Gasteiger partial charge is 0.334 e. The Morgan fingerprint density at radius 3 is 2.42 bits per heavy atom. The molecule has 1 heterocycles. The number of ether oxygens (including phenoxy) is 1. The molecular formula is C18H25NO4S. The number of nitrogens with zero attached hydrogens (tertiary/aromatic N) is 1. The van der Waals surface area contributed by atoms with Crippen molar-refractivity contribution in [2.45, 2.75) is 51.5 Å². The molecule has 0 N–H and O–H groups in total. The molecule has 0 aromatic heterocycles. The van der Waals surface area contributed by atoms with Gasteiger partial charge in [-0.2, -0.15) is 4.31 Å². The lowest BCUT2D eigenvalue weighted by Crippen LogP contribution is -2.49. The van der Waals surface area contributed by atoms with Crippen molar-refractivity contribution >= 4 is 16.0 Å². The monoisotopic (exact) mass is 351 g/mol. The molecule has 0 fully saturated rings. The van der Waals surface area contributed by atoms with E-state index in [2.05, 4.69) is 0 Å². The molecule has 1 aliphatic heterocycles. The van der Waals surface area contributed by atoms with Crippen LogP contribution in [0, 0.1) is 0 Å². The number of benzene rings is 1. The number of rotatable bonds is 4. The summed E-state index contributed by atoms with van der Waals surface area (Å²) in [6.45, 7) is 7.29. The maximum Gasteiger partial charge on any atom is 0.334 e. The summed E-state index contributed by atoms with van der Waals surface area (Å²) in [5.41, 5.74) is 1.46. The van der Waals surface area contributed by atoms with Crippen LogP contribution >= 0.6 is 0 Å². The Morgan fingerprint density at radius 2 is 1.88 bits per heavy atom. The molecular weight excluding hydrogens is 326 g/mol. The van der Waals surface area contributed by atoms with Crippen molar-refractivity contribution in [1.82, 2.24) is 4.31 Å². The highest BCUT2D eigenvalue weighted by Gasteiger charge is 2.39. The van der Waals surface area contributed by atoms with Crippen LogP contribution in [-0.4, -0.2) is 36.0 Å². The lowest BCUT2D eigenvalue weighted by Gasteiger charge is -2.36. The highest BCUT2D eigenvalue weighted by atomic mass is 32.2. The Kier molecular flexibility index (Phi) is 5.50. The summed E-state index contributed by atoms with van der Waals surface area (Å²) < 4.78 is 31.1. The second kappa shape index (κ2) is 7.07. The Hall–Kier alpha value is -1.66.